The van der Waals surface area contributed by atoms with Crippen LogP contribution in [0.15, 0.2) is 35.1 Å². The molecule has 2 heterocycles. The zero-order valence-corrected chi connectivity index (χ0v) is 11.0. The van der Waals surface area contributed by atoms with Crippen molar-refractivity contribution in [2.45, 2.75) is 0 Å². The third-order valence-corrected chi connectivity index (χ3v) is 3.24. The van der Waals surface area contributed by atoms with Crippen LogP contribution in [0, 0.1) is 0 Å². The fraction of sp³-hybridized carbons (Fsp3) is 0.143. The zero-order valence-electron chi connectivity index (χ0n) is 11.0. The number of methoxy groups -OCH3 is 1. The summed E-state index contributed by atoms with van der Waals surface area (Å²) in [6.07, 6.45) is 3.02. The smallest absolute Gasteiger partial charge is 0.341 e. The number of aryl methyl sites for hydroxylation is 1. The molecule has 6 heteroatoms. The van der Waals surface area contributed by atoms with Crippen molar-refractivity contribution in [2.24, 2.45) is 7.05 Å². The molecule has 3 rings (SSSR count). The van der Waals surface area contributed by atoms with Gasteiger partial charge in [0.2, 0.25) is 0 Å². The Labute approximate surface area is 114 Å². The van der Waals surface area contributed by atoms with Crippen LogP contribution in [-0.2, 0) is 7.05 Å². The normalized spacial score (nSPS) is 10.9. The maximum Gasteiger partial charge on any atom is 0.341 e. The van der Waals surface area contributed by atoms with E-state index in [0.717, 1.165) is 16.7 Å². The minimum atomic E-state index is -1.06. The number of hydrogen-bond acceptors (Lipinski definition) is 4. The number of aromatic nitrogens is 2. The van der Waals surface area contributed by atoms with Crippen LogP contribution >= 0.6 is 0 Å². The highest BCUT2D eigenvalue weighted by molar-refractivity contribution is 6.01. The van der Waals surface area contributed by atoms with Crippen molar-refractivity contribution in [3.63, 3.8) is 0 Å². The predicted octanol–water partition coefficient (Wildman–Crippen LogP) is 2.54. The zero-order chi connectivity index (χ0) is 14.3. The molecule has 3 aromatic rings. The summed E-state index contributed by atoms with van der Waals surface area (Å²) in [5.41, 5.74) is 1.67. The van der Waals surface area contributed by atoms with Crippen LogP contribution in [-0.4, -0.2) is 27.9 Å². The quantitative estimate of drug-likeness (QED) is 0.792. The summed E-state index contributed by atoms with van der Waals surface area (Å²) in [6.45, 7) is 0. The molecular formula is C14H12N2O4. The van der Waals surface area contributed by atoms with Crippen LogP contribution in [0.25, 0.3) is 22.2 Å². The van der Waals surface area contributed by atoms with Crippen molar-refractivity contribution < 1.29 is 19.2 Å². The SMILES string of the molecule is COc1ccc2c(-c3oncc3C(=O)O)cn(C)c2c1. The van der Waals surface area contributed by atoms with Gasteiger partial charge < -0.3 is 18.9 Å². The Bertz CT molecular complexity index is 801. The summed E-state index contributed by atoms with van der Waals surface area (Å²) in [5, 5.41) is 13.6. The lowest BCUT2D eigenvalue weighted by molar-refractivity contribution is 0.0697. The van der Waals surface area contributed by atoms with Crippen molar-refractivity contribution in [2.75, 3.05) is 7.11 Å². The van der Waals surface area contributed by atoms with E-state index in [9.17, 15) is 4.79 Å². The lowest BCUT2D eigenvalue weighted by Crippen LogP contribution is -1.95. The second-order valence-corrected chi connectivity index (χ2v) is 4.41. The molecule has 1 N–H and O–H groups in total. The van der Waals surface area contributed by atoms with Crippen molar-refractivity contribution in [3.05, 3.63) is 36.2 Å². The van der Waals surface area contributed by atoms with E-state index in [0.29, 0.717) is 5.56 Å². The molecule has 0 amide bonds. The maximum absolute atomic E-state index is 11.2. The Morgan fingerprint density at radius 3 is 2.95 bits per heavy atom. The van der Waals surface area contributed by atoms with Crippen molar-refractivity contribution in [1.82, 2.24) is 9.72 Å². The van der Waals surface area contributed by atoms with Gasteiger partial charge >= 0.3 is 5.97 Å². The number of rotatable bonds is 3. The van der Waals surface area contributed by atoms with Crippen LogP contribution in [0.2, 0.25) is 0 Å². The van der Waals surface area contributed by atoms with Crippen LogP contribution < -0.4 is 4.74 Å². The molecule has 1 aromatic carbocycles. The Balaban J connectivity index is 2.27. The van der Waals surface area contributed by atoms with E-state index in [4.69, 9.17) is 14.4 Å². The average molecular weight is 272 g/mol. The number of benzene rings is 1. The van der Waals surface area contributed by atoms with Crippen LogP contribution in [0.4, 0.5) is 0 Å². The molecule has 2 aromatic heterocycles. The van der Waals surface area contributed by atoms with Crippen LogP contribution in [0.5, 0.6) is 5.75 Å². The molecule has 0 bridgehead atoms. The standard InChI is InChI=1S/C14H12N2O4/c1-16-7-11(13-10(14(17)18)6-15-20-13)9-4-3-8(19-2)5-12(9)16/h3-7H,1-2H3,(H,17,18). The van der Waals surface area contributed by atoms with Gasteiger partial charge in [0.15, 0.2) is 5.76 Å². The lowest BCUT2D eigenvalue weighted by Gasteiger charge is -2.01. The number of hydrogen-bond donors (Lipinski definition) is 1. The Hall–Kier alpha value is -2.76. The first-order chi connectivity index (χ1) is 9.61. The number of carbonyl (C=O) groups is 1. The van der Waals surface area contributed by atoms with Crippen LogP contribution in [0.1, 0.15) is 10.4 Å². The van der Waals surface area contributed by atoms with E-state index in [1.165, 1.54) is 6.20 Å². The topological polar surface area (TPSA) is 77.5 Å². The Morgan fingerprint density at radius 2 is 2.25 bits per heavy atom. The highest BCUT2D eigenvalue weighted by Crippen LogP contribution is 2.34. The van der Waals surface area contributed by atoms with Gasteiger partial charge in [0.05, 0.1) is 18.8 Å². The molecule has 0 fully saturated rings. The van der Waals surface area contributed by atoms with Gasteiger partial charge in [-0.3, -0.25) is 0 Å². The van der Waals surface area contributed by atoms with Gasteiger partial charge in [-0.15, -0.1) is 0 Å². The first-order valence-corrected chi connectivity index (χ1v) is 5.93. The number of aromatic carboxylic acids is 1. The number of fused-ring (bicyclic) bond motifs is 1. The first kappa shape index (κ1) is 12.3. The second kappa shape index (κ2) is 4.41. The fourth-order valence-corrected chi connectivity index (χ4v) is 2.26. The van der Waals surface area contributed by atoms with E-state index in [1.807, 2.05) is 36.0 Å². The van der Waals surface area contributed by atoms with Crippen molar-refractivity contribution in [1.29, 1.82) is 0 Å². The predicted molar refractivity (Wildman–Crippen MR) is 71.9 cm³/mol. The summed E-state index contributed by atoms with van der Waals surface area (Å²) in [6, 6.07) is 5.58. The average Bonchev–Trinajstić information content (AvgIpc) is 3.03. The monoisotopic (exact) mass is 272 g/mol. The molecule has 20 heavy (non-hydrogen) atoms. The van der Waals surface area contributed by atoms with Gasteiger partial charge in [0, 0.05) is 30.3 Å². The molecular weight excluding hydrogens is 260 g/mol. The molecule has 0 unspecified atom stereocenters. The molecule has 0 radical (unpaired) electrons. The number of carboxylic acids is 1. The van der Waals surface area contributed by atoms with Gasteiger partial charge in [-0.1, -0.05) is 5.16 Å². The molecule has 102 valence electrons. The Morgan fingerprint density at radius 1 is 1.45 bits per heavy atom. The summed E-state index contributed by atoms with van der Waals surface area (Å²) in [7, 11) is 3.48. The molecule has 6 nitrogen and oxygen atoms in total. The first-order valence-electron chi connectivity index (χ1n) is 5.93. The van der Waals surface area contributed by atoms with Crippen molar-refractivity contribution in [3.8, 4) is 17.1 Å². The third kappa shape index (κ3) is 1.73. The minimum absolute atomic E-state index is 0.0494. The molecule has 0 aliphatic carbocycles. The van der Waals surface area contributed by atoms with E-state index < -0.39 is 5.97 Å². The highest BCUT2D eigenvalue weighted by Gasteiger charge is 2.20. The summed E-state index contributed by atoms with van der Waals surface area (Å²) >= 11 is 0. The highest BCUT2D eigenvalue weighted by atomic mass is 16.5. The number of ether oxygens (including phenoxy) is 1. The summed E-state index contributed by atoms with van der Waals surface area (Å²) in [4.78, 5) is 11.2. The minimum Gasteiger partial charge on any atom is -0.497 e. The van der Waals surface area contributed by atoms with Gasteiger partial charge in [0.25, 0.3) is 0 Å². The van der Waals surface area contributed by atoms with Crippen LogP contribution in [0.3, 0.4) is 0 Å². The van der Waals surface area contributed by atoms with Gasteiger partial charge in [-0.25, -0.2) is 4.79 Å². The Kier molecular flexibility index (Phi) is 2.71. The molecule has 0 atom stereocenters. The molecule has 0 spiro atoms. The molecule has 0 saturated carbocycles. The molecule has 0 aliphatic rings. The largest absolute Gasteiger partial charge is 0.497 e. The summed E-state index contributed by atoms with van der Waals surface area (Å²) in [5.74, 6) is -0.0682. The number of carboxylic acid groups (broad SMARTS) is 1. The van der Waals surface area contributed by atoms with E-state index in [1.54, 1.807) is 7.11 Å². The fourth-order valence-electron chi connectivity index (χ4n) is 2.26. The van der Waals surface area contributed by atoms with Crippen molar-refractivity contribution >= 4 is 16.9 Å². The lowest BCUT2D eigenvalue weighted by atomic mass is 10.1. The summed E-state index contributed by atoms with van der Waals surface area (Å²) < 4.78 is 12.2. The van der Waals surface area contributed by atoms with E-state index in [2.05, 4.69) is 5.16 Å². The van der Waals surface area contributed by atoms with Gasteiger partial charge in [-0.05, 0) is 12.1 Å². The van der Waals surface area contributed by atoms with Gasteiger partial charge in [0.1, 0.15) is 11.3 Å². The van der Waals surface area contributed by atoms with E-state index in [-0.39, 0.29) is 11.3 Å². The second-order valence-electron chi connectivity index (χ2n) is 4.41. The molecule has 0 aliphatic heterocycles. The number of nitrogens with zero attached hydrogens (tertiary/aromatic N) is 2. The van der Waals surface area contributed by atoms with E-state index >= 15 is 0 Å². The maximum atomic E-state index is 11.2. The third-order valence-electron chi connectivity index (χ3n) is 3.24. The van der Waals surface area contributed by atoms with Gasteiger partial charge in [-0.2, -0.15) is 0 Å². The molecule has 0 saturated heterocycles.